The van der Waals surface area contributed by atoms with E-state index in [1.54, 1.807) is 11.8 Å². The Morgan fingerprint density at radius 1 is 1.33 bits per heavy atom. The van der Waals surface area contributed by atoms with Gasteiger partial charge in [0.25, 0.3) is 0 Å². The van der Waals surface area contributed by atoms with Crippen molar-refractivity contribution in [2.75, 3.05) is 6.54 Å². The summed E-state index contributed by atoms with van der Waals surface area (Å²) >= 11 is 0. The third-order valence-electron chi connectivity index (χ3n) is 3.68. The Hall–Kier alpha value is -1.84. The Kier molecular flexibility index (Phi) is 6.92. The first-order valence-corrected chi connectivity index (χ1v) is 7.53. The SMILES string of the molecule is CCC(C)N(CCC(=O)NCc1cccc(C)c1)C(C)=O. The molecule has 0 saturated heterocycles. The topological polar surface area (TPSA) is 49.4 Å². The molecule has 0 radical (unpaired) electrons. The van der Waals surface area contributed by atoms with Gasteiger partial charge in [-0.15, -0.1) is 0 Å². The number of aryl methyl sites for hydroxylation is 1. The molecule has 2 amide bonds. The molecule has 1 N–H and O–H groups in total. The molecule has 0 fully saturated rings. The molecule has 21 heavy (non-hydrogen) atoms. The highest BCUT2D eigenvalue weighted by atomic mass is 16.2. The zero-order chi connectivity index (χ0) is 15.8. The normalized spacial score (nSPS) is 11.8. The van der Waals surface area contributed by atoms with E-state index >= 15 is 0 Å². The predicted octanol–water partition coefficient (Wildman–Crippen LogP) is 2.65. The first kappa shape index (κ1) is 17.2. The van der Waals surface area contributed by atoms with Gasteiger partial charge in [0.2, 0.25) is 11.8 Å². The van der Waals surface area contributed by atoms with E-state index in [1.807, 2.05) is 39.0 Å². The molecule has 1 atom stereocenters. The smallest absolute Gasteiger partial charge is 0.222 e. The van der Waals surface area contributed by atoms with Gasteiger partial charge in [-0.2, -0.15) is 0 Å². The van der Waals surface area contributed by atoms with E-state index in [4.69, 9.17) is 0 Å². The van der Waals surface area contributed by atoms with E-state index in [1.165, 1.54) is 5.56 Å². The molecule has 0 aromatic heterocycles. The fourth-order valence-electron chi connectivity index (χ4n) is 2.24. The minimum Gasteiger partial charge on any atom is -0.352 e. The van der Waals surface area contributed by atoms with Crippen molar-refractivity contribution in [3.05, 3.63) is 35.4 Å². The molecular formula is C17H26N2O2. The summed E-state index contributed by atoms with van der Waals surface area (Å²) in [5.74, 6) is 0.00175. The lowest BCUT2D eigenvalue weighted by Crippen LogP contribution is -2.39. The first-order valence-electron chi connectivity index (χ1n) is 7.53. The van der Waals surface area contributed by atoms with Crippen molar-refractivity contribution in [1.29, 1.82) is 0 Å². The van der Waals surface area contributed by atoms with Crippen LogP contribution in [0.25, 0.3) is 0 Å². The summed E-state index contributed by atoms with van der Waals surface area (Å²) in [6, 6.07) is 8.24. The summed E-state index contributed by atoms with van der Waals surface area (Å²) in [6.45, 7) is 8.64. The zero-order valence-corrected chi connectivity index (χ0v) is 13.5. The van der Waals surface area contributed by atoms with Crippen LogP contribution in [0.15, 0.2) is 24.3 Å². The number of rotatable bonds is 7. The van der Waals surface area contributed by atoms with Crippen molar-refractivity contribution in [2.24, 2.45) is 0 Å². The molecule has 0 aliphatic carbocycles. The maximum absolute atomic E-state index is 11.9. The van der Waals surface area contributed by atoms with Crippen LogP contribution in [0.1, 0.15) is 44.7 Å². The number of hydrogen-bond acceptors (Lipinski definition) is 2. The van der Waals surface area contributed by atoms with Crippen LogP contribution in [0.4, 0.5) is 0 Å². The monoisotopic (exact) mass is 290 g/mol. The molecule has 4 heteroatoms. The van der Waals surface area contributed by atoms with Crippen LogP contribution in [-0.2, 0) is 16.1 Å². The summed E-state index contributed by atoms with van der Waals surface area (Å²) in [6.07, 6.45) is 1.24. The van der Waals surface area contributed by atoms with Crippen molar-refractivity contribution in [3.63, 3.8) is 0 Å². The third kappa shape index (κ3) is 5.98. The number of carbonyl (C=O) groups is 2. The van der Waals surface area contributed by atoms with Gasteiger partial charge in [-0.3, -0.25) is 9.59 Å². The molecule has 0 bridgehead atoms. The highest BCUT2D eigenvalue weighted by Crippen LogP contribution is 2.06. The second-order valence-corrected chi connectivity index (χ2v) is 5.49. The van der Waals surface area contributed by atoms with Crippen LogP contribution < -0.4 is 5.32 Å². The van der Waals surface area contributed by atoms with Crippen LogP contribution in [0.3, 0.4) is 0 Å². The van der Waals surface area contributed by atoms with Gasteiger partial charge in [0.1, 0.15) is 0 Å². The molecule has 116 valence electrons. The second kappa shape index (κ2) is 8.45. The van der Waals surface area contributed by atoms with Gasteiger partial charge >= 0.3 is 0 Å². The number of amides is 2. The third-order valence-corrected chi connectivity index (χ3v) is 3.68. The van der Waals surface area contributed by atoms with Gasteiger partial charge in [-0.1, -0.05) is 36.8 Å². The zero-order valence-electron chi connectivity index (χ0n) is 13.5. The molecule has 0 aliphatic rings. The Labute approximate surface area is 127 Å². The molecule has 0 spiro atoms. The standard InChI is InChI=1S/C17H26N2O2/c1-5-14(3)19(15(4)20)10-9-17(21)18-12-16-8-6-7-13(2)11-16/h6-8,11,14H,5,9-10,12H2,1-4H3,(H,18,21). The molecule has 1 unspecified atom stereocenters. The average molecular weight is 290 g/mol. The Balaban J connectivity index is 2.41. The van der Waals surface area contributed by atoms with E-state index in [0.717, 1.165) is 12.0 Å². The Morgan fingerprint density at radius 2 is 2.05 bits per heavy atom. The number of hydrogen-bond donors (Lipinski definition) is 1. The van der Waals surface area contributed by atoms with E-state index in [-0.39, 0.29) is 17.9 Å². The number of nitrogens with one attached hydrogen (secondary N) is 1. The molecule has 1 rings (SSSR count). The van der Waals surface area contributed by atoms with E-state index in [0.29, 0.717) is 19.5 Å². The van der Waals surface area contributed by atoms with E-state index in [9.17, 15) is 9.59 Å². The van der Waals surface area contributed by atoms with Crippen LogP contribution >= 0.6 is 0 Å². The fraction of sp³-hybridized carbons (Fsp3) is 0.529. The van der Waals surface area contributed by atoms with Gasteiger partial charge in [0.15, 0.2) is 0 Å². The summed E-state index contributed by atoms with van der Waals surface area (Å²) in [4.78, 5) is 25.2. The summed E-state index contributed by atoms with van der Waals surface area (Å²) in [5, 5.41) is 2.90. The largest absolute Gasteiger partial charge is 0.352 e. The molecule has 0 heterocycles. The van der Waals surface area contributed by atoms with Gasteiger partial charge in [-0.25, -0.2) is 0 Å². The molecule has 0 aliphatic heterocycles. The molecular weight excluding hydrogens is 264 g/mol. The Bertz CT molecular complexity index is 485. The molecule has 0 saturated carbocycles. The lowest BCUT2D eigenvalue weighted by molar-refractivity contribution is -0.131. The van der Waals surface area contributed by atoms with Gasteiger partial charge in [0, 0.05) is 32.5 Å². The lowest BCUT2D eigenvalue weighted by atomic mass is 10.1. The van der Waals surface area contributed by atoms with E-state index < -0.39 is 0 Å². The minimum absolute atomic E-state index is 0.0222. The van der Waals surface area contributed by atoms with Crippen LogP contribution in [0.5, 0.6) is 0 Å². The van der Waals surface area contributed by atoms with Crippen molar-refractivity contribution < 1.29 is 9.59 Å². The lowest BCUT2D eigenvalue weighted by Gasteiger charge is -2.27. The van der Waals surface area contributed by atoms with Gasteiger partial charge in [0.05, 0.1) is 0 Å². The maximum atomic E-state index is 11.9. The van der Waals surface area contributed by atoms with E-state index in [2.05, 4.69) is 11.4 Å². The van der Waals surface area contributed by atoms with Crippen molar-refractivity contribution in [1.82, 2.24) is 10.2 Å². The first-order chi connectivity index (χ1) is 9.93. The van der Waals surface area contributed by atoms with Crippen molar-refractivity contribution in [3.8, 4) is 0 Å². The van der Waals surface area contributed by atoms with Crippen LogP contribution in [0, 0.1) is 6.92 Å². The second-order valence-electron chi connectivity index (χ2n) is 5.49. The van der Waals surface area contributed by atoms with Crippen molar-refractivity contribution >= 4 is 11.8 Å². The average Bonchev–Trinajstić information content (AvgIpc) is 2.44. The van der Waals surface area contributed by atoms with Crippen molar-refractivity contribution in [2.45, 2.75) is 53.1 Å². The number of benzene rings is 1. The van der Waals surface area contributed by atoms with Crippen LogP contribution in [0.2, 0.25) is 0 Å². The minimum atomic E-state index is -0.0222. The molecule has 4 nitrogen and oxygen atoms in total. The Morgan fingerprint density at radius 3 is 2.62 bits per heavy atom. The molecule has 1 aromatic carbocycles. The highest BCUT2D eigenvalue weighted by molar-refractivity contribution is 5.78. The quantitative estimate of drug-likeness (QED) is 0.839. The summed E-state index contributed by atoms with van der Waals surface area (Å²) in [5.41, 5.74) is 2.27. The number of carbonyl (C=O) groups excluding carboxylic acids is 2. The summed E-state index contributed by atoms with van der Waals surface area (Å²) < 4.78 is 0. The molecule has 1 aromatic rings. The fourth-order valence-corrected chi connectivity index (χ4v) is 2.24. The van der Waals surface area contributed by atoms with Gasteiger partial charge in [-0.05, 0) is 25.8 Å². The number of nitrogens with zero attached hydrogens (tertiary/aromatic N) is 1. The van der Waals surface area contributed by atoms with Crippen LogP contribution in [-0.4, -0.2) is 29.3 Å². The predicted molar refractivity (Wildman–Crippen MR) is 84.8 cm³/mol. The maximum Gasteiger partial charge on any atom is 0.222 e. The summed E-state index contributed by atoms with van der Waals surface area (Å²) in [7, 11) is 0. The van der Waals surface area contributed by atoms with Gasteiger partial charge < -0.3 is 10.2 Å². The highest BCUT2D eigenvalue weighted by Gasteiger charge is 2.16.